The Hall–Kier alpha value is -3.07. The number of alkyl carbamates (subject to hydrolysis) is 2. The van der Waals surface area contributed by atoms with Gasteiger partial charge in [0.2, 0.25) is 0 Å². The third kappa shape index (κ3) is 17.7. The van der Waals surface area contributed by atoms with E-state index in [1.165, 1.54) is 6.92 Å². The Morgan fingerprint density at radius 1 is 0.636 bits per heavy atom. The van der Waals surface area contributed by atoms with Crippen LogP contribution >= 0.6 is 12.4 Å². The molecule has 11 nitrogen and oxygen atoms in total. The Labute approximate surface area is 332 Å². The number of aliphatic hydroxyl groups excluding tert-OH is 1. The molecule has 2 aromatic carbocycles. The van der Waals surface area contributed by atoms with Gasteiger partial charge in [0.25, 0.3) is 0 Å². The highest BCUT2D eigenvalue weighted by Gasteiger charge is 2.40. The van der Waals surface area contributed by atoms with E-state index in [1.807, 2.05) is 67.6 Å². The van der Waals surface area contributed by atoms with E-state index in [4.69, 9.17) is 26.0 Å². The number of alkyl halides is 2. The Balaban J connectivity index is 0.000000381. The summed E-state index contributed by atoms with van der Waals surface area (Å²) < 4.78 is 37.0. The number of carbonyl (C=O) groups is 2. The number of halogens is 3. The van der Waals surface area contributed by atoms with Gasteiger partial charge in [-0.15, -0.1) is 12.4 Å². The molecule has 0 bridgehead atoms. The molecule has 0 saturated heterocycles. The van der Waals surface area contributed by atoms with Gasteiger partial charge in [-0.05, 0) is 116 Å². The van der Waals surface area contributed by atoms with Crippen LogP contribution in [0.15, 0.2) is 60.7 Å². The summed E-state index contributed by atoms with van der Waals surface area (Å²) in [5, 5.41) is 31.7. The van der Waals surface area contributed by atoms with Crippen LogP contribution in [0.1, 0.15) is 116 Å². The minimum atomic E-state index is -1.31. The molecule has 0 radical (unpaired) electrons. The van der Waals surface area contributed by atoms with Gasteiger partial charge >= 0.3 is 12.2 Å². The maximum atomic E-state index is 13.9. The maximum absolute atomic E-state index is 13.9. The van der Waals surface area contributed by atoms with E-state index in [-0.39, 0.29) is 43.7 Å². The van der Waals surface area contributed by atoms with Gasteiger partial charge in [0, 0.05) is 19.2 Å². The Kier molecular flexibility index (Phi) is 21.7. The summed E-state index contributed by atoms with van der Waals surface area (Å²) in [5.41, 5.74) is 9.10. The topological polar surface area (TPSA) is 189 Å². The van der Waals surface area contributed by atoms with Crippen LogP contribution in [0, 0.1) is 0 Å². The van der Waals surface area contributed by atoms with Crippen molar-refractivity contribution in [1.82, 2.24) is 10.6 Å². The second kappa shape index (κ2) is 23.9. The molecule has 0 aliphatic heterocycles. The lowest BCUT2D eigenvalue weighted by Crippen LogP contribution is -2.47. The van der Waals surface area contributed by atoms with E-state index in [2.05, 4.69) is 10.6 Å². The summed E-state index contributed by atoms with van der Waals surface area (Å²) in [4.78, 5) is 23.2. The van der Waals surface area contributed by atoms with Gasteiger partial charge in [0.15, 0.2) is 0 Å². The Bertz CT molecular complexity index is 1270. The van der Waals surface area contributed by atoms with Crippen molar-refractivity contribution in [3.8, 4) is 0 Å². The highest BCUT2D eigenvalue weighted by molar-refractivity contribution is 5.85. The number of amides is 2. The number of hydrogen-bond donors (Lipinski definition) is 7. The normalized spacial score (nSPS) is 31.6. The number of carbonyl (C=O) groups excluding carboxylic acids is 2. The second-order valence-electron chi connectivity index (χ2n) is 15.6. The van der Waals surface area contributed by atoms with Gasteiger partial charge in [-0.3, -0.25) is 0 Å². The molecule has 0 heterocycles. The molecule has 314 valence electrons. The molecular formula is C41H67ClF2N4O7. The zero-order valence-corrected chi connectivity index (χ0v) is 34.1. The minimum Gasteiger partial charge on any atom is -0.445 e. The smallest absolute Gasteiger partial charge is 0.407 e. The molecule has 6 rings (SSSR count). The van der Waals surface area contributed by atoms with E-state index >= 15 is 0 Å². The highest BCUT2D eigenvalue weighted by Crippen LogP contribution is 2.34. The number of rotatable bonds is 6. The predicted octanol–water partition coefficient (Wildman–Crippen LogP) is 6.91. The standard InChI is InChI=1S/C14H18FNO2.C14H19NO3.C6H12FN.C6H13NO.CH4O.ClH/c1-14(15)9-5-8-12(14)16-13(17)18-10-11-6-3-2-4-7-11;1-14(17)9-5-8-12(14)15-13(16)18-10-11-6-3-2-4-7-11;1-6(7)4-2-3-5(6)8;1-6(8)4-2-3-5(6)7;1-2;/h2-4,6-7,12H,5,8-10H2,1H3,(H,16,17);2-4,6-7,12,17H,5,8-10H2,1H3,(H,15,16);5H,2-4,8H2,1H3;5,8H,2-4,7H2,1H3;2H,1H3;1H/t12-,14+;12-,14-;5-,6+;5-,6-;;/m1111../s1. The van der Waals surface area contributed by atoms with Crippen molar-refractivity contribution >= 4 is 24.6 Å². The highest BCUT2D eigenvalue weighted by atomic mass is 35.5. The fourth-order valence-electron chi connectivity index (χ4n) is 6.87. The molecule has 2 aromatic rings. The fraction of sp³-hybridized carbons (Fsp3) is 0.659. The first-order valence-corrected chi connectivity index (χ1v) is 19.1. The molecule has 0 unspecified atom stereocenters. The molecule has 0 spiro atoms. The fourth-order valence-corrected chi connectivity index (χ4v) is 6.87. The van der Waals surface area contributed by atoms with Crippen LogP contribution in [-0.4, -0.2) is 81.3 Å². The van der Waals surface area contributed by atoms with Gasteiger partial charge in [-0.25, -0.2) is 18.4 Å². The number of hydrogen-bond acceptors (Lipinski definition) is 9. The monoisotopic (exact) mass is 800 g/mol. The lowest BCUT2D eigenvalue weighted by molar-refractivity contribution is 0.0358. The molecule has 4 aliphatic carbocycles. The first-order chi connectivity index (χ1) is 25.4. The van der Waals surface area contributed by atoms with Crippen LogP contribution in [0.4, 0.5) is 18.4 Å². The van der Waals surface area contributed by atoms with Gasteiger partial charge in [0.1, 0.15) is 24.6 Å². The lowest BCUT2D eigenvalue weighted by atomic mass is 10.0. The van der Waals surface area contributed by atoms with E-state index in [1.54, 1.807) is 13.8 Å². The number of ether oxygens (including phenoxy) is 2. The zero-order chi connectivity index (χ0) is 40.4. The third-order valence-corrected chi connectivity index (χ3v) is 10.8. The van der Waals surface area contributed by atoms with Crippen LogP contribution in [0.3, 0.4) is 0 Å². The summed E-state index contributed by atoms with van der Waals surface area (Å²) in [6, 6.07) is 18.1. The van der Waals surface area contributed by atoms with E-state index in [0.29, 0.717) is 19.3 Å². The maximum Gasteiger partial charge on any atom is 0.407 e. The number of nitrogens with one attached hydrogen (secondary N) is 2. The van der Waals surface area contributed by atoms with Crippen LogP contribution in [0.5, 0.6) is 0 Å². The lowest BCUT2D eigenvalue weighted by Gasteiger charge is -2.25. The summed E-state index contributed by atoms with van der Waals surface area (Å²) in [6.07, 6.45) is 8.78. The van der Waals surface area contributed by atoms with Crippen molar-refractivity contribution in [1.29, 1.82) is 0 Å². The average Bonchev–Trinajstić information content (AvgIpc) is 3.85. The summed E-state index contributed by atoms with van der Waals surface area (Å²) in [6.45, 7) is 7.14. The van der Waals surface area contributed by atoms with Gasteiger partial charge in [-0.1, -0.05) is 60.7 Å². The minimum absolute atomic E-state index is 0. The summed E-state index contributed by atoms with van der Waals surface area (Å²) in [7, 11) is 1.00. The predicted molar refractivity (Wildman–Crippen MR) is 214 cm³/mol. The van der Waals surface area contributed by atoms with Crippen molar-refractivity contribution in [3.05, 3.63) is 71.8 Å². The third-order valence-electron chi connectivity index (χ3n) is 10.8. The van der Waals surface area contributed by atoms with Crippen molar-refractivity contribution in [2.75, 3.05) is 7.11 Å². The van der Waals surface area contributed by atoms with Crippen molar-refractivity contribution in [2.45, 2.75) is 165 Å². The molecule has 0 aromatic heterocycles. The quantitative estimate of drug-likeness (QED) is 0.163. The molecule has 9 N–H and O–H groups in total. The number of nitrogens with two attached hydrogens (primary N) is 2. The van der Waals surface area contributed by atoms with Crippen LogP contribution in [0.2, 0.25) is 0 Å². The SMILES string of the molecule is CO.C[C@@]1(O)CCC[C@H]1N.C[C@@]1(O)CCC[C@H]1NC(=O)OCc1ccccc1.C[C@]1(F)CCC[C@H]1N.C[C@]1(F)CCC[C@H]1NC(=O)OCc1ccccc1.Cl. The van der Waals surface area contributed by atoms with Gasteiger partial charge < -0.3 is 46.9 Å². The molecule has 2 amide bonds. The van der Waals surface area contributed by atoms with Gasteiger partial charge in [-0.2, -0.15) is 0 Å². The van der Waals surface area contributed by atoms with E-state index in [0.717, 1.165) is 76.0 Å². The average molecular weight is 801 g/mol. The van der Waals surface area contributed by atoms with Crippen LogP contribution in [-0.2, 0) is 22.7 Å². The zero-order valence-electron chi connectivity index (χ0n) is 33.3. The van der Waals surface area contributed by atoms with E-state index < -0.39 is 40.8 Å². The molecule has 14 heteroatoms. The number of aliphatic hydroxyl groups is 3. The molecular weight excluding hydrogens is 734 g/mol. The number of benzene rings is 2. The molecule has 8 atom stereocenters. The van der Waals surface area contributed by atoms with Crippen molar-refractivity contribution in [3.63, 3.8) is 0 Å². The molecule has 4 saturated carbocycles. The molecule has 4 fully saturated rings. The van der Waals surface area contributed by atoms with Gasteiger partial charge in [0.05, 0.1) is 23.3 Å². The van der Waals surface area contributed by atoms with Crippen LogP contribution < -0.4 is 22.1 Å². The largest absolute Gasteiger partial charge is 0.445 e. The molecule has 4 aliphatic rings. The summed E-state index contributed by atoms with van der Waals surface area (Å²) >= 11 is 0. The first-order valence-electron chi connectivity index (χ1n) is 19.1. The van der Waals surface area contributed by atoms with E-state index in [9.17, 15) is 28.6 Å². The first kappa shape index (κ1) is 49.9. The summed E-state index contributed by atoms with van der Waals surface area (Å²) in [5.74, 6) is 0. The van der Waals surface area contributed by atoms with Crippen molar-refractivity contribution in [2.24, 2.45) is 11.5 Å². The Morgan fingerprint density at radius 3 is 1.33 bits per heavy atom. The Morgan fingerprint density at radius 2 is 1.02 bits per heavy atom. The van der Waals surface area contributed by atoms with Crippen LogP contribution in [0.25, 0.3) is 0 Å². The van der Waals surface area contributed by atoms with Crippen molar-refractivity contribution < 1.29 is 43.2 Å². The molecule has 55 heavy (non-hydrogen) atoms. The second-order valence-corrected chi connectivity index (χ2v) is 15.6.